The first-order chi connectivity index (χ1) is 8.31. The molecule has 0 aromatic heterocycles. The first-order valence-electron chi connectivity index (χ1n) is 7.02. The van der Waals surface area contributed by atoms with E-state index in [2.05, 4.69) is 32.1 Å². The lowest BCUT2D eigenvalue weighted by Crippen LogP contribution is -2.06. The van der Waals surface area contributed by atoms with Crippen LogP contribution in [0.3, 0.4) is 0 Å². The molecule has 0 aromatic rings. The van der Waals surface area contributed by atoms with E-state index in [-0.39, 0.29) is 7.92 Å². The summed E-state index contributed by atoms with van der Waals surface area (Å²) in [5.41, 5.74) is 1.67. The molecule has 0 heterocycles. The van der Waals surface area contributed by atoms with Crippen molar-refractivity contribution in [2.45, 2.75) is 32.9 Å². The molecule has 1 atom stereocenters. The zero-order valence-corrected chi connectivity index (χ0v) is 12.3. The Labute approximate surface area is 108 Å². The quantitative estimate of drug-likeness (QED) is 0.379. The van der Waals surface area contributed by atoms with Crippen LogP contribution in [-0.2, 0) is 0 Å². The van der Waals surface area contributed by atoms with Crippen LogP contribution >= 0.6 is 7.92 Å². The van der Waals surface area contributed by atoms with Crippen LogP contribution in [0, 0.1) is 5.92 Å². The monoisotopic (exact) mass is 252 g/mol. The molecule has 0 fully saturated rings. The van der Waals surface area contributed by atoms with Crippen molar-refractivity contribution < 1.29 is 5.11 Å². The van der Waals surface area contributed by atoms with E-state index in [1.165, 1.54) is 38.4 Å². The maximum Gasteiger partial charge on any atom is 0.121 e. The Balaban J connectivity index is 2.29. The molecule has 1 aliphatic rings. The molecule has 0 saturated heterocycles. The normalized spacial score (nSPS) is 18.8. The van der Waals surface area contributed by atoms with Gasteiger partial charge in [0.2, 0.25) is 0 Å². The third kappa shape index (κ3) is 5.40. The lowest BCUT2D eigenvalue weighted by atomic mass is 9.65. The van der Waals surface area contributed by atoms with Gasteiger partial charge in [-0.3, -0.25) is 0 Å². The van der Waals surface area contributed by atoms with Gasteiger partial charge in [-0.25, -0.2) is 0 Å². The number of hydrogen-bond donors (Lipinski definition) is 1. The van der Waals surface area contributed by atoms with Gasteiger partial charge in [-0.1, -0.05) is 50.3 Å². The fourth-order valence-corrected chi connectivity index (χ4v) is 4.12. The standard InChI is InChI=1S/C14H26BOP/c1-3-17(4-2)12-14-8-5-7-13(14)11-15-9-6-10-16/h5,7-8,13,15-16H,3-4,6,9-12H2,1-2H3. The Morgan fingerprint density at radius 2 is 2.12 bits per heavy atom. The molecule has 1 nitrogen and oxygen atoms in total. The van der Waals surface area contributed by atoms with Gasteiger partial charge in [0.15, 0.2) is 0 Å². The van der Waals surface area contributed by atoms with Gasteiger partial charge < -0.3 is 5.11 Å². The Morgan fingerprint density at radius 3 is 2.76 bits per heavy atom. The summed E-state index contributed by atoms with van der Waals surface area (Å²) in [6.45, 7) is 5.00. The van der Waals surface area contributed by atoms with Gasteiger partial charge in [0.05, 0.1) is 0 Å². The molecule has 17 heavy (non-hydrogen) atoms. The molecule has 0 amide bonds. The van der Waals surface area contributed by atoms with Crippen molar-refractivity contribution in [3.8, 4) is 0 Å². The van der Waals surface area contributed by atoms with Crippen molar-refractivity contribution in [2.24, 2.45) is 5.92 Å². The van der Waals surface area contributed by atoms with E-state index in [0.29, 0.717) is 12.5 Å². The van der Waals surface area contributed by atoms with Crippen LogP contribution in [0.5, 0.6) is 0 Å². The highest BCUT2D eigenvalue weighted by atomic mass is 31.1. The Hall–Kier alpha value is -0.0651. The van der Waals surface area contributed by atoms with Crippen LogP contribution in [0.15, 0.2) is 23.8 Å². The zero-order valence-electron chi connectivity index (χ0n) is 11.4. The molecule has 3 heteroatoms. The van der Waals surface area contributed by atoms with E-state index >= 15 is 0 Å². The average Bonchev–Trinajstić information content (AvgIpc) is 2.79. The van der Waals surface area contributed by atoms with Crippen LogP contribution in [0.4, 0.5) is 0 Å². The van der Waals surface area contributed by atoms with Crippen LogP contribution in [-0.4, -0.2) is 37.5 Å². The third-order valence-corrected chi connectivity index (χ3v) is 6.21. The summed E-state index contributed by atoms with van der Waals surface area (Å²) < 4.78 is 0. The lowest BCUT2D eigenvalue weighted by Gasteiger charge is -2.19. The van der Waals surface area contributed by atoms with E-state index in [4.69, 9.17) is 5.11 Å². The molecule has 0 bridgehead atoms. The SMILES string of the molecule is CCP(CC)CC1=CC=CC1CBCCCO. The first kappa shape index (κ1) is 15.0. The molecule has 0 aliphatic heterocycles. The van der Waals surface area contributed by atoms with Gasteiger partial charge in [0.25, 0.3) is 0 Å². The molecule has 0 spiro atoms. The average molecular weight is 252 g/mol. The van der Waals surface area contributed by atoms with Crippen molar-refractivity contribution in [1.82, 2.24) is 0 Å². The minimum Gasteiger partial charge on any atom is -0.396 e. The molecular weight excluding hydrogens is 226 g/mol. The molecule has 1 N–H and O–H groups in total. The Kier molecular flexibility index (Phi) is 7.89. The molecule has 96 valence electrons. The fraction of sp³-hybridized carbons (Fsp3) is 0.714. The second-order valence-electron chi connectivity index (χ2n) is 4.77. The highest BCUT2D eigenvalue weighted by Crippen LogP contribution is 2.40. The summed E-state index contributed by atoms with van der Waals surface area (Å²) in [5.74, 6) is 0.705. The number of aliphatic hydroxyl groups is 1. The first-order valence-corrected chi connectivity index (χ1v) is 8.92. The third-order valence-electron chi connectivity index (χ3n) is 3.60. The number of allylic oxidation sites excluding steroid dienone is 4. The minimum absolute atomic E-state index is 0.236. The molecule has 0 saturated carbocycles. The predicted octanol–water partition coefficient (Wildman–Crippen LogP) is 3.28. The van der Waals surface area contributed by atoms with E-state index < -0.39 is 0 Å². The van der Waals surface area contributed by atoms with Gasteiger partial charge in [-0.2, -0.15) is 0 Å². The minimum atomic E-state index is 0.236. The van der Waals surface area contributed by atoms with Crippen molar-refractivity contribution in [1.29, 1.82) is 0 Å². The van der Waals surface area contributed by atoms with E-state index in [1.807, 2.05) is 0 Å². The number of hydrogen-bond acceptors (Lipinski definition) is 1. The number of rotatable bonds is 9. The molecule has 0 radical (unpaired) electrons. The summed E-state index contributed by atoms with van der Waals surface area (Å²) in [4.78, 5) is 0. The topological polar surface area (TPSA) is 20.2 Å². The summed E-state index contributed by atoms with van der Waals surface area (Å²) in [6, 6.07) is 0. The van der Waals surface area contributed by atoms with Crippen molar-refractivity contribution in [3.05, 3.63) is 23.8 Å². The molecule has 1 rings (SSSR count). The van der Waals surface area contributed by atoms with Crippen molar-refractivity contribution in [3.63, 3.8) is 0 Å². The largest absolute Gasteiger partial charge is 0.396 e. The molecule has 1 aliphatic carbocycles. The highest BCUT2D eigenvalue weighted by molar-refractivity contribution is 7.57. The van der Waals surface area contributed by atoms with Crippen LogP contribution < -0.4 is 0 Å². The molecular formula is C14H26BOP. The second kappa shape index (κ2) is 8.94. The predicted molar refractivity (Wildman–Crippen MR) is 82.0 cm³/mol. The summed E-state index contributed by atoms with van der Waals surface area (Å²) in [5, 5.41) is 8.77. The van der Waals surface area contributed by atoms with Crippen LogP contribution in [0.25, 0.3) is 0 Å². The summed E-state index contributed by atoms with van der Waals surface area (Å²) >= 11 is 0. The van der Waals surface area contributed by atoms with E-state index in [9.17, 15) is 0 Å². The van der Waals surface area contributed by atoms with Gasteiger partial charge in [0.1, 0.15) is 7.28 Å². The maximum atomic E-state index is 8.77. The zero-order chi connectivity index (χ0) is 12.5. The van der Waals surface area contributed by atoms with Gasteiger partial charge in [-0.05, 0) is 30.8 Å². The second-order valence-corrected chi connectivity index (χ2v) is 7.69. The van der Waals surface area contributed by atoms with Gasteiger partial charge in [0, 0.05) is 6.61 Å². The Morgan fingerprint density at radius 1 is 1.35 bits per heavy atom. The highest BCUT2D eigenvalue weighted by Gasteiger charge is 2.17. The smallest absolute Gasteiger partial charge is 0.121 e. The number of aliphatic hydroxyl groups excluding tert-OH is 1. The Bertz CT molecular complexity index is 259. The lowest BCUT2D eigenvalue weighted by molar-refractivity contribution is 0.295. The summed E-state index contributed by atoms with van der Waals surface area (Å²) in [7, 11) is 1.49. The van der Waals surface area contributed by atoms with Crippen molar-refractivity contribution in [2.75, 3.05) is 25.1 Å². The van der Waals surface area contributed by atoms with Crippen LogP contribution in [0.1, 0.15) is 20.3 Å². The molecule has 1 unspecified atom stereocenters. The fourth-order valence-electron chi connectivity index (χ4n) is 2.37. The maximum absolute atomic E-state index is 8.77. The van der Waals surface area contributed by atoms with Crippen molar-refractivity contribution >= 4 is 15.2 Å². The summed E-state index contributed by atoms with van der Waals surface area (Å²) in [6.07, 6.45) is 14.4. The van der Waals surface area contributed by atoms with E-state index in [1.54, 1.807) is 5.57 Å². The van der Waals surface area contributed by atoms with Gasteiger partial charge >= 0.3 is 0 Å². The van der Waals surface area contributed by atoms with Gasteiger partial charge in [-0.15, -0.1) is 7.92 Å². The van der Waals surface area contributed by atoms with Crippen LogP contribution in [0.2, 0.25) is 12.6 Å². The molecule has 0 aromatic carbocycles. The van der Waals surface area contributed by atoms with E-state index in [0.717, 1.165) is 6.42 Å².